The van der Waals surface area contributed by atoms with Crippen LogP contribution in [0.2, 0.25) is 0 Å². The number of halogens is 6. The summed E-state index contributed by atoms with van der Waals surface area (Å²) in [6.07, 6.45) is -8.61. The van der Waals surface area contributed by atoms with Crippen molar-refractivity contribution in [3.05, 3.63) is 64.6 Å². The lowest BCUT2D eigenvalue weighted by Crippen LogP contribution is -2.48. The summed E-state index contributed by atoms with van der Waals surface area (Å²) >= 11 is 0. The number of benzene rings is 1. The molecule has 53 heavy (non-hydrogen) atoms. The Morgan fingerprint density at radius 2 is 1.55 bits per heavy atom. The topological polar surface area (TPSA) is 122 Å². The molecule has 1 fully saturated rings. The molecule has 2 aliphatic heterocycles. The Morgan fingerprint density at radius 3 is 2.13 bits per heavy atom. The van der Waals surface area contributed by atoms with Gasteiger partial charge in [0.05, 0.1) is 73.0 Å². The van der Waals surface area contributed by atoms with Gasteiger partial charge in [0.1, 0.15) is 0 Å². The molecular formula is C35H41F6N7O5. The van der Waals surface area contributed by atoms with Crippen molar-refractivity contribution >= 4 is 29.4 Å². The Bertz CT molecular complexity index is 1740. The van der Waals surface area contributed by atoms with E-state index in [9.17, 15) is 35.9 Å². The Hall–Kier alpha value is -4.87. The van der Waals surface area contributed by atoms with Gasteiger partial charge in [-0.15, -0.1) is 0 Å². The highest BCUT2D eigenvalue weighted by Gasteiger charge is 2.39. The average Bonchev–Trinajstić information content (AvgIpc) is 3.11. The predicted octanol–water partition coefficient (Wildman–Crippen LogP) is 6.49. The minimum absolute atomic E-state index is 0.0488. The number of aromatic nitrogens is 3. The summed E-state index contributed by atoms with van der Waals surface area (Å²) in [6.45, 7) is 7.41. The summed E-state index contributed by atoms with van der Waals surface area (Å²) in [7, 11) is 1.45. The van der Waals surface area contributed by atoms with Crippen LogP contribution >= 0.6 is 0 Å². The summed E-state index contributed by atoms with van der Waals surface area (Å²) in [5, 5.41) is 3.26. The van der Waals surface area contributed by atoms with Crippen LogP contribution < -0.4 is 19.9 Å². The fraction of sp³-hybridized carbons (Fsp3) is 0.514. The van der Waals surface area contributed by atoms with Gasteiger partial charge < -0.3 is 24.4 Å². The number of methoxy groups -OCH3 is 1. The second-order valence-electron chi connectivity index (χ2n) is 12.5. The van der Waals surface area contributed by atoms with Crippen molar-refractivity contribution in [1.29, 1.82) is 0 Å². The predicted molar refractivity (Wildman–Crippen MR) is 182 cm³/mol. The van der Waals surface area contributed by atoms with Gasteiger partial charge in [0.25, 0.3) is 0 Å². The van der Waals surface area contributed by atoms with Crippen LogP contribution in [0.4, 0.5) is 48.5 Å². The van der Waals surface area contributed by atoms with Gasteiger partial charge in [0.15, 0.2) is 0 Å². The number of hydrogen-bond acceptors (Lipinski definition) is 11. The second kappa shape index (κ2) is 16.4. The molecule has 1 N–H and O–H groups in total. The molecule has 0 bridgehead atoms. The second-order valence-corrected chi connectivity index (χ2v) is 12.5. The maximum absolute atomic E-state index is 13.8. The summed E-state index contributed by atoms with van der Waals surface area (Å²) in [5.74, 6) is -0.0522. The first-order chi connectivity index (χ1) is 25.1. The molecule has 0 spiro atoms. The third-order valence-corrected chi connectivity index (χ3v) is 9.02. The fourth-order valence-corrected chi connectivity index (χ4v) is 6.51. The van der Waals surface area contributed by atoms with Crippen molar-refractivity contribution in [3.8, 4) is 5.88 Å². The van der Waals surface area contributed by atoms with Crippen LogP contribution in [0.15, 0.2) is 36.5 Å². The minimum atomic E-state index is -5.03. The fourth-order valence-electron chi connectivity index (χ4n) is 6.51. The number of esters is 1. The van der Waals surface area contributed by atoms with Gasteiger partial charge in [0.2, 0.25) is 11.8 Å². The van der Waals surface area contributed by atoms with Crippen LogP contribution in [-0.4, -0.2) is 91.0 Å². The number of carbonyl (C=O) groups excluding carboxylic acids is 2. The van der Waals surface area contributed by atoms with Gasteiger partial charge in [-0.25, -0.2) is 19.7 Å². The molecule has 12 nitrogen and oxygen atoms in total. The third kappa shape index (κ3) is 9.39. The summed E-state index contributed by atoms with van der Waals surface area (Å²) in [4.78, 5) is 44.2. The van der Waals surface area contributed by atoms with Crippen molar-refractivity contribution in [2.75, 3.05) is 68.2 Å². The highest BCUT2D eigenvalue weighted by Crippen LogP contribution is 2.41. The Morgan fingerprint density at radius 1 is 0.887 bits per heavy atom. The number of alkyl halides is 6. The van der Waals surface area contributed by atoms with E-state index in [1.807, 2.05) is 16.7 Å². The van der Waals surface area contributed by atoms with E-state index in [0.717, 1.165) is 0 Å². The first kappa shape index (κ1) is 39.3. The summed E-state index contributed by atoms with van der Waals surface area (Å²) in [6, 6.07) is 3.86. The molecule has 4 heterocycles. The number of carbonyl (C=O) groups is 2. The normalized spacial score (nSPS) is 18.0. The largest absolute Gasteiger partial charge is 0.481 e. The van der Waals surface area contributed by atoms with E-state index >= 15 is 0 Å². The van der Waals surface area contributed by atoms with Crippen LogP contribution in [0.3, 0.4) is 0 Å². The highest BCUT2D eigenvalue weighted by atomic mass is 19.4. The molecule has 18 heteroatoms. The summed E-state index contributed by atoms with van der Waals surface area (Å²) in [5.41, 5.74) is -1.60. The number of pyridine rings is 1. The molecule has 2 aromatic heterocycles. The Kier molecular flexibility index (Phi) is 12.2. The highest BCUT2D eigenvalue weighted by molar-refractivity contribution is 5.90. The van der Waals surface area contributed by atoms with Crippen molar-refractivity contribution < 1.29 is 50.1 Å². The van der Waals surface area contributed by atoms with Gasteiger partial charge in [0, 0.05) is 44.7 Å². The molecule has 1 aromatic carbocycles. The van der Waals surface area contributed by atoms with E-state index < -0.39 is 35.6 Å². The molecule has 0 unspecified atom stereocenters. The van der Waals surface area contributed by atoms with Crippen LogP contribution in [-0.2, 0) is 33.0 Å². The first-order valence-electron chi connectivity index (χ1n) is 17.2. The molecule has 288 valence electrons. The zero-order valence-corrected chi connectivity index (χ0v) is 29.7. The van der Waals surface area contributed by atoms with Gasteiger partial charge >= 0.3 is 24.4 Å². The van der Waals surface area contributed by atoms with Gasteiger partial charge in [-0.1, -0.05) is 6.92 Å². The maximum Gasteiger partial charge on any atom is 0.416 e. The number of piperazine rings is 1. The van der Waals surface area contributed by atoms with Gasteiger partial charge in [-0.3, -0.25) is 14.6 Å². The molecular weight excluding hydrogens is 712 g/mol. The lowest BCUT2D eigenvalue weighted by Gasteiger charge is -2.39. The minimum Gasteiger partial charge on any atom is -0.481 e. The van der Waals surface area contributed by atoms with Crippen molar-refractivity contribution in [1.82, 2.24) is 19.9 Å². The van der Waals surface area contributed by atoms with Crippen molar-refractivity contribution in [2.45, 2.75) is 64.5 Å². The molecule has 2 aliphatic rings. The molecule has 2 atom stereocenters. The Labute approximate surface area is 302 Å². The van der Waals surface area contributed by atoms with E-state index in [1.165, 1.54) is 18.2 Å². The number of nitrogens with zero attached hydrogens (tertiary/aromatic N) is 6. The van der Waals surface area contributed by atoms with E-state index in [4.69, 9.17) is 14.2 Å². The van der Waals surface area contributed by atoms with Crippen LogP contribution in [0, 0.1) is 0 Å². The zero-order chi connectivity index (χ0) is 38.5. The number of anilines is 3. The molecule has 5 rings (SSSR count). The van der Waals surface area contributed by atoms with E-state index in [2.05, 4.69) is 20.3 Å². The van der Waals surface area contributed by atoms with Gasteiger partial charge in [-0.2, -0.15) is 26.3 Å². The molecule has 0 radical (unpaired) electrons. The standard InChI is InChI=1S/C35H41F6N7O5/c1-5-24-18-26(31-27(8-9-29(45-31)51-4)48(24)33(50)53-7-3)44-32-42-19-28(47-12-10-46(11-13-47)20-30(49)52-6-2)25(43-32)16-21-14-22(34(36,37)38)17-23(15-21)35(39,40)41/h8-9,14-15,17,19,24,26H,5-7,10-13,16,18,20H2,1-4H3,(H,42,43,44)/t24-,26+/m1/s1. The monoisotopic (exact) mass is 753 g/mol. The van der Waals surface area contributed by atoms with E-state index in [-0.39, 0.29) is 67.3 Å². The third-order valence-electron chi connectivity index (χ3n) is 9.02. The number of fused-ring (bicyclic) bond motifs is 1. The zero-order valence-electron chi connectivity index (χ0n) is 29.7. The van der Waals surface area contributed by atoms with Crippen LogP contribution in [0.5, 0.6) is 5.88 Å². The SMILES string of the molecule is CCOC(=O)CN1CCN(c2cnc(N[C@H]3C[C@@H](CC)N(C(=O)OCC)c4ccc(OC)nc43)nc2Cc2cc(C(F)(F)F)cc(C(F)(F)F)c2)CC1. The van der Waals surface area contributed by atoms with Crippen molar-refractivity contribution in [3.63, 3.8) is 0 Å². The summed E-state index contributed by atoms with van der Waals surface area (Å²) < 4.78 is 98.6. The lowest BCUT2D eigenvalue weighted by atomic mass is 9.93. The molecule has 1 saturated heterocycles. The number of hydrogen-bond donors (Lipinski definition) is 1. The molecule has 1 amide bonds. The average molecular weight is 754 g/mol. The number of amides is 1. The van der Waals surface area contributed by atoms with E-state index in [1.54, 1.807) is 26.0 Å². The van der Waals surface area contributed by atoms with E-state index in [0.29, 0.717) is 68.2 Å². The number of ether oxygens (including phenoxy) is 3. The smallest absolute Gasteiger partial charge is 0.416 e. The number of rotatable bonds is 11. The first-order valence-corrected chi connectivity index (χ1v) is 17.2. The lowest BCUT2D eigenvalue weighted by molar-refractivity contribution is -0.145. The number of nitrogens with one attached hydrogen (secondary N) is 1. The van der Waals surface area contributed by atoms with Crippen molar-refractivity contribution in [2.24, 2.45) is 0 Å². The molecule has 3 aromatic rings. The molecule has 0 aliphatic carbocycles. The van der Waals surface area contributed by atoms with Crippen LogP contribution in [0.1, 0.15) is 67.7 Å². The quantitative estimate of drug-likeness (QED) is 0.171. The van der Waals surface area contributed by atoms with Crippen LogP contribution in [0.25, 0.3) is 0 Å². The Balaban J connectivity index is 1.53. The maximum atomic E-state index is 13.8. The van der Waals surface area contributed by atoms with Gasteiger partial charge in [-0.05, 0) is 56.5 Å². The molecule has 0 saturated carbocycles.